The molecule has 0 amide bonds. The van der Waals surface area contributed by atoms with Crippen molar-refractivity contribution in [3.8, 4) is 11.3 Å². The van der Waals surface area contributed by atoms with E-state index in [2.05, 4.69) is 25.6 Å². The molecule has 1 saturated carbocycles. The number of hydrogen-bond donors (Lipinski definition) is 2. The summed E-state index contributed by atoms with van der Waals surface area (Å²) >= 11 is 6.24. The minimum atomic E-state index is 0.478. The molecule has 0 bridgehead atoms. The van der Waals surface area contributed by atoms with Crippen LogP contribution in [0.2, 0.25) is 5.02 Å². The van der Waals surface area contributed by atoms with Gasteiger partial charge in [0, 0.05) is 30.1 Å². The molecule has 120 valence electrons. The van der Waals surface area contributed by atoms with Gasteiger partial charge in [0.2, 0.25) is 5.95 Å². The first-order valence-electron chi connectivity index (χ1n) is 7.85. The van der Waals surface area contributed by atoms with Gasteiger partial charge in [-0.25, -0.2) is 4.98 Å². The summed E-state index contributed by atoms with van der Waals surface area (Å²) < 4.78 is 0. The Kier molecular flexibility index (Phi) is 4.01. The van der Waals surface area contributed by atoms with Crippen molar-refractivity contribution >= 4 is 29.1 Å². The molecule has 0 atom stereocenters. The van der Waals surface area contributed by atoms with E-state index in [-0.39, 0.29) is 0 Å². The Balaban J connectivity index is 1.71. The van der Waals surface area contributed by atoms with E-state index in [9.17, 15) is 0 Å². The second-order valence-corrected chi connectivity index (χ2v) is 6.13. The lowest BCUT2D eigenvalue weighted by Crippen LogP contribution is -2.07. The lowest BCUT2D eigenvalue weighted by Gasteiger charge is -2.12. The molecule has 2 N–H and O–H groups in total. The van der Waals surface area contributed by atoms with Gasteiger partial charge >= 0.3 is 0 Å². The third kappa shape index (κ3) is 3.46. The summed E-state index contributed by atoms with van der Waals surface area (Å²) in [6, 6.07) is 13.9. The Bertz CT molecular complexity index is 849. The fraction of sp³-hybridized carbons (Fsp3) is 0.167. The summed E-state index contributed by atoms with van der Waals surface area (Å²) in [5, 5.41) is 7.28. The molecule has 0 spiro atoms. The number of nitrogens with zero attached hydrogens (tertiary/aromatic N) is 3. The van der Waals surface area contributed by atoms with Crippen molar-refractivity contribution in [3.63, 3.8) is 0 Å². The number of anilines is 3. The number of aromatic nitrogens is 3. The monoisotopic (exact) mass is 337 g/mol. The van der Waals surface area contributed by atoms with Crippen molar-refractivity contribution in [2.45, 2.75) is 18.9 Å². The zero-order valence-corrected chi connectivity index (χ0v) is 13.7. The largest absolute Gasteiger partial charge is 0.351 e. The van der Waals surface area contributed by atoms with Crippen LogP contribution >= 0.6 is 11.6 Å². The smallest absolute Gasteiger partial charge is 0.225 e. The average molecular weight is 338 g/mol. The summed E-state index contributed by atoms with van der Waals surface area (Å²) in [6.07, 6.45) is 5.84. The molecule has 2 heterocycles. The standard InChI is InChI=1S/C18H16ClN5/c19-14-3-1-2-4-15(14)22-17-11-16(12-7-9-20-10-8-12)23-18(24-17)21-13-5-6-13/h1-4,7-11,13H,5-6H2,(H2,21,22,23,24). The Hall–Kier alpha value is -2.66. The van der Waals surface area contributed by atoms with Crippen molar-refractivity contribution in [2.24, 2.45) is 0 Å². The molecule has 0 unspecified atom stereocenters. The first-order chi connectivity index (χ1) is 11.8. The van der Waals surface area contributed by atoms with E-state index in [1.807, 2.05) is 42.5 Å². The second kappa shape index (κ2) is 6.45. The van der Waals surface area contributed by atoms with Crippen LogP contribution in [0.3, 0.4) is 0 Å². The number of halogens is 1. The lowest BCUT2D eigenvalue weighted by atomic mass is 10.2. The average Bonchev–Trinajstić information content (AvgIpc) is 3.42. The van der Waals surface area contributed by atoms with Crippen molar-refractivity contribution in [1.29, 1.82) is 0 Å². The van der Waals surface area contributed by atoms with Crippen LogP contribution in [0.25, 0.3) is 11.3 Å². The minimum Gasteiger partial charge on any atom is -0.351 e. The quantitative estimate of drug-likeness (QED) is 0.717. The van der Waals surface area contributed by atoms with Crippen LogP contribution in [-0.2, 0) is 0 Å². The molecule has 0 radical (unpaired) electrons. The molecule has 1 aromatic carbocycles. The molecular formula is C18H16ClN5. The van der Waals surface area contributed by atoms with E-state index < -0.39 is 0 Å². The predicted molar refractivity (Wildman–Crippen MR) is 96.6 cm³/mol. The van der Waals surface area contributed by atoms with E-state index in [0.717, 1.165) is 29.8 Å². The number of pyridine rings is 1. The summed E-state index contributed by atoms with van der Waals surface area (Å²) in [7, 11) is 0. The highest BCUT2D eigenvalue weighted by molar-refractivity contribution is 6.33. The topological polar surface area (TPSA) is 62.7 Å². The maximum atomic E-state index is 6.24. The molecule has 1 aliphatic rings. The van der Waals surface area contributed by atoms with Crippen LogP contribution in [0.1, 0.15) is 12.8 Å². The fourth-order valence-electron chi connectivity index (χ4n) is 2.36. The van der Waals surface area contributed by atoms with Crippen molar-refractivity contribution in [3.05, 3.63) is 59.9 Å². The van der Waals surface area contributed by atoms with Gasteiger partial charge in [-0.3, -0.25) is 4.98 Å². The van der Waals surface area contributed by atoms with E-state index in [0.29, 0.717) is 22.8 Å². The van der Waals surface area contributed by atoms with Gasteiger partial charge in [0.25, 0.3) is 0 Å². The van der Waals surface area contributed by atoms with Gasteiger partial charge in [0.05, 0.1) is 16.4 Å². The number of rotatable bonds is 5. The molecule has 2 aromatic heterocycles. The Morgan fingerprint density at radius 3 is 2.54 bits per heavy atom. The normalized spacial score (nSPS) is 13.5. The molecule has 4 rings (SSSR count). The minimum absolute atomic E-state index is 0.478. The van der Waals surface area contributed by atoms with Crippen LogP contribution in [0.4, 0.5) is 17.5 Å². The molecule has 1 fully saturated rings. The van der Waals surface area contributed by atoms with Gasteiger partial charge in [0.1, 0.15) is 5.82 Å². The third-order valence-corrected chi connectivity index (χ3v) is 4.08. The number of hydrogen-bond acceptors (Lipinski definition) is 5. The van der Waals surface area contributed by atoms with Gasteiger partial charge in [-0.1, -0.05) is 23.7 Å². The van der Waals surface area contributed by atoms with Crippen molar-refractivity contribution < 1.29 is 0 Å². The number of benzene rings is 1. The highest BCUT2D eigenvalue weighted by Crippen LogP contribution is 2.29. The molecule has 24 heavy (non-hydrogen) atoms. The van der Waals surface area contributed by atoms with Crippen LogP contribution in [0, 0.1) is 0 Å². The van der Waals surface area contributed by atoms with Crippen molar-refractivity contribution in [2.75, 3.05) is 10.6 Å². The summed E-state index contributed by atoms with van der Waals surface area (Å²) in [5.74, 6) is 1.33. The zero-order valence-electron chi connectivity index (χ0n) is 12.9. The summed E-state index contributed by atoms with van der Waals surface area (Å²) in [6.45, 7) is 0. The SMILES string of the molecule is Clc1ccccc1Nc1cc(-c2ccncc2)nc(NC2CC2)n1. The van der Waals surface area contributed by atoms with E-state index in [1.165, 1.54) is 0 Å². The van der Waals surface area contributed by atoms with Crippen molar-refractivity contribution in [1.82, 2.24) is 15.0 Å². The van der Waals surface area contributed by atoms with Gasteiger partial charge in [-0.2, -0.15) is 4.98 Å². The first kappa shape index (κ1) is 14.9. The zero-order chi connectivity index (χ0) is 16.4. The van der Waals surface area contributed by atoms with Gasteiger partial charge in [-0.15, -0.1) is 0 Å². The molecule has 0 aliphatic heterocycles. The van der Waals surface area contributed by atoms with Gasteiger partial charge < -0.3 is 10.6 Å². The van der Waals surface area contributed by atoms with E-state index in [4.69, 9.17) is 11.6 Å². The van der Waals surface area contributed by atoms with Crippen LogP contribution in [0.15, 0.2) is 54.9 Å². The lowest BCUT2D eigenvalue weighted by molar-refractivity contribution is 1.06. The fourth-order valence-corrected chi connectivity index (χ4v) is 2.54. The summed E-state index contributed by atoms with van der Waals surface area (Å²) in [5.41, 5.74) is 2.65. The van der Waals surface area contributed by atoms with Crippen LogP contribution in [0.5, 0.6) is 0 Å². The predicted octanol–water partition coefficient (Wildman–Crippen LogP) is 4.51. The van der Waals surface area contributed by atoms with E-state index >= 15 is 0 Å². The van der Waals surface area contributed by atoms with E-state index in [1.54, 1.807) is 12.4 Å². The van der Waals surface area contributed by atoms with Gasteiger partial charge in [0.15, 0.2) is 0 Å². The highest BCUT2D eigenvalue weighted by atomic mass is 35.5. The maximum absolute atomic E-state index is 6.24. The Labute approximate surface area is 145 Å². The molecular weight excluding hydrogens is 322 g/mol. The van der Waals surface area contributed by atoms with Gasteiger partial charge in [-0.05, 0) is 37.1 Å². The van der Waals surface area contributed by atoms with Crippen LogP contribution in [-0.4, -0.2) is 21.0 Å². The highest BCUT2D eigenvalue weighted by Gasteiger charge is 2.22. The second-order valence-electron chi connectivity index (χ2n) is 5.72. The third-order valence-electron chi connectivity index (χ3n) is 3.75. The molecule has 6 heteroatoms. The molecule has 5 nitrogen and oxygen atoms in total. The Morgan fingerprint density at radius 1 is 1.00 bits per heavy atom. The number of para-hydroxylation sites is 1. The molecule has 1 aliphatic carbocycles. The van der Waals surface area contributed by atoms with Crippen LogP contribution < -0.4 is 10.6 Å². The maximum Gasteiger partial charge on any atom is 0.225 e. The molecule has 3 aromatic rings. The Morgan fingerprint density at radius 2 is 1.79 bits per heavy atom. The first-order valence-corrected chi connectivity index (χ1v) is 8.23. The summed E-state index contributed by atoms with van der Waals surface area (Å²) in [4.78, 5) is 13.3. The number of nitrogens with one attached hydrogen (secondary N) is 2. The molecule has 0 saturated heterocycles.